The normalized spacial score (nSPS) is 16.9. The number of hydrogen-bond acceptors (Lipinski definition) is 5. The molecule has 1 saturated heterocycles. The lowest BCUT2D eigenvalue weighted by Crippen LogP contribution is -2.25. The van der Waals surface area contributed by atoms with E-state index in [2.05, 4.69) is 0 Å². The average molecular weight is 326 g/mol. The van der Waals surface area contributed by atoms with Crippen molar-refractivity contribution in [2.75, 3.05) is 31.8 Å². The quantitative estimate of drug-likeness (QED) is 0.763. The molecule has 1 amide bonds. The Morgan fingerprint density at radius 1 is 1.29 bits per heavy atom. The molecular formula is C18H18N2O4. The molecule has 0 N–H and O–H groups in total. The zero-order chi connectivity index (χ0) is 16.9. The number of amides is 1. The first kappa shape index (κ1) is 16.1. The minimum absolute atomic E-state index is 0.242. The number of nitrogens with zero attached hydrogens (tertiary/aromatic N) is 2. The molecular weight excluding hydrogens is 308 g/mol. The molecule has 0 aliphatic carbocycles. The van der Waals surface area contributed by atoms with E-state index in [0.29, 0.717) is 26.2 Å². The van der Waals surface area contributed by atoms with Gasteiger partial charge in [-0.15, -0.1) is 0 Å². The molecule has 0 saturated carbocycles. The molecule has 1 heterocycles. The fourth-order valence-electron chi connectivity index (χ4n) is 2.69. The molecule has 1 atom stereocenters. The number of ether oxygens (including phenoxy) is 3. The second-order valence-electron chi connectivity index (χ2n) is 5.52. The monoisotopic (exact) mass is 326 g/mol. The van der Waals surface area contributed by atoms with Crippen LogP contribution in [0.25, 0.3) is 10.8 Å². The summed E-state index contributed by atoms with van der Waals surface area (Å²) >= 11 is 0. The first-order chi connectivity index (χ1) is 11.7. The minimum Gasteiger partial charge on any atom is -0.493 e. The van der Waals surface area contributed by atoms with Crippen LogP contribution in [-0.2, 0) is 9.47 Å². The third-order valence-electron chi connectivity index (χ3n) is 3.82. The van der Waals surface area contributed by atoms with Crippen molar-refractivity contribution in [2.45, 2.75) is 12.5 Å². The highest BCUT2D eigenvalue weighted by molar-refractivity contribution is 5.94. The highest BCUT2D eigenvalue weighted by atomic mass is 16.6. The van der Waals surface area contributed by atoms with Gasteiger partial charge in [-0.2, -0.15) is 5.26 Å². The maximum atomic E-state index is 12.0. The summed E-state index contributed by atoms with van der Waals surface area (Å²) < 4.78 is 15.8. The summed E-state index contributed by atoms with van der Waals surface area (Å²) in [5, 5.41) is 10.6. The molecule has 2 aromatic rings. The largest absolute Gasteiger partial charge is 0.493 e. The van der Waals surface area contributed by atoms with Gasteiger partial charge in [0.1, 0.15) is 18.5 Å². The van der Waals surface area contributed by atoms with Crippen molar-refractivity contribution in [3.63, 3.8) is 0 Å². The lowest BCUT2D eigenvalue weighted by molar-refractivity contribution is 0.0718. The molecule has 3 rings (SSSR count). The van der Waals surface area contributed by atoms with Gasteiger partial charge in [0.25, 0.3) is 0 Å². The van der Waals surface area contributed by atoms with E-state index in [9.17, 15) is 4.79 Å². The lowest BCUT2D eigenvalue weighted by Gasteiger charge is -2.14. The molecule has 1 fully saturated rings. The summed E-state index contributed by atoms with van der Waals surface area (Å²) in [6.45, 7) is 1.24. The summed E-state index contributed by atoms with van der Waals surface area (Å²) in [6.07, 6.45) is -0.238. The van der Waals surface area contributed by atoms with Crippen LogP contribution in [0.5, 0.6) is 5.75 Å². The SMILES string of the molecule is COCC1CN(c2ccc3cc(OCCC#N)ccc3c2)C(=O)O1. The Bertz CT molecular complexity index is 784. The number of anilines is 1. The van der Waals surface area contributed by atoms with Gasteiger partial charge in [-0.25, -0.2) is 4.79 Å². The Morgan fingerprint density at radius 2 is 2.08 bits per heavy atom. The van der Waals surface area contributed by atoms with E-state index in [1.807, 2.05) is 42.5 Å². The number of hydrogen-bond donors (Lipinski definition) is 0. The summed E-state index contributed by atoms with van der Waals surface area (Å²) in [6, 6.07) is 13.5. The Kier molecular flexibility index (Phi) is 4.82. The Morgan fingerprint density at radius 3 is 2.88 bits per heavy atom. The zero-order valence-electron chi connectivity index (χ0n) is 13.4. The number of methoxy groups -OCH3 is 1. The fourth-order valence-corrected chi connectivity index (χ4v) is 2.69. The van der Waals surface area contributed by atoms with Gasteiger partial charge in [0.2, 0.25) is 0 Å². The Balaban J connectivity index is 1.78. The van der Waals surface area contributed by atoms with Gasteiger partial charge < -0.3 is 14.2 Å². The predicted molar refractivity (Wildman–Crippen MR) is 89.2 cm³/mol. The highest BCUT2D eigenvalue weighted by Crippen LogP contribution is 2.28. The van der Waals surface area contributed by atoms with E-state index in [-0.39, 0.29) is 12.2 Å². The van der Waals surface area contributed by atoms with Crippen LogP contribution in [0, 0.1) is 11.3 Å². The number of benzene rings is 2. The molecule has 0 radical (unpaired) electrons. The van der Waals surface area contributed by atoms with Crippen molar-refractivity contribution in [2.24, 2.45) is 0 Å². The first-order valence-corrected chi connectivity index (χ1v) is 7.72. The molecule has 24 heavy (non-hydrogen) atoms. The van der Waals surface area contributed by atoms with Crippen LogP contribution < -0.4 is 9.64 Å². The summed E-state index contributed by atoms with van der Waals surface area (Å²) in [5.41, 5.74) is 0.796. The summed E-state index contributed by atoms with van der Waals surface area (Å²) in [4.78, 5) is 13.6. The highest BCUT2D eigenvalue weighted by Gasteiger charge is 2.32. The second kappa shape index (κ2) is 7.20. The molecule has 2 aromatic carbocycles. The third-order valence-corrected chi connectivity index (χ3v) is 3.82. The molecule has 0 aromatic heterocycles. The third kappa shape index (κ3) is 3.42. The topological polar surface area (TPSA) is 71.8 Å². The van der Waals surface area contributed by atoms with Crippen LogP contribution in [0.1, 0.15) is 6.42 Å². The van der Waals surface area contributed by atoms with Crippen molar-refractivity contribution >= 4 is 22.6 Å². The van der Waals surface area contributed by atoms with Crippen LogP contribution in [0.15, 0.2) is 36.4 Å². The maximum Gasteiger partial charge on any atom is 0.414 e. The number of nitriles is 1. The predicted octanol–water partition coefficient (Wildman–Crippen LogP) is 3.10. The van der Waals surface area contributed by atoms with Gasteiger partial charge >= 0.3 is 6.09 Å². The second-order valence-corrected chi connectivity index (χ2v) is 5.52. The van der Waals surface area contributed by atoms with Crippen LogP contribution in [-0.4, -0.2) is 39.1 Å². The molecule has 1 unspecified atom stereocenters. The van der Waals surface area contributed by atoms with Crippen molar-refractivity contribution in [1.82, 2.24) is 0 Å². The zero-order valence-corrected chi connectivity index (χ0v) is 13.4. The molecule has 1 aliphatic heterocycles. The molecule has 0 bridgehead atoms. The van der Waals surface area contributed by atoms with E-state index < -0.39 is 0 Å². The van der Waals surface area contributed by atoms with E-state index in [0.717, 1.165) is 22.2 Å². The van der Waals surface area contributed by atoms with Crippen LogP contribution in [0.4, 0.5) is 10.5 Å². The number of carbonyl (C=O) groups is 1. The smallest absolute Gasteiger partial charge is 0.414 e. The standard InChI is InChI=1S/C18H18N2O4/c1-22-12-17-11-20(18(21)24-17)15-5-3-14-10-16(23-8-2-7-19)6-4-13(14)9-15/h3-6,9-10,17H,2,8,11-12H2,1H3. The van der Waals surface area contributed by atoms with Crippen molar-refractivity contribution < 1.29 is 19.0 Å². The maximum absolute atomic E-state index is 12.0. The van der Waals surface area contributed by atoms with Gasteiger partial charge in [-0.1, -0.05) is 12.1 Å². The van der Waals surface area contributed by atoms with Gasteiger partial charge in [-0.05, 0) is 35.0 Å². The Hall–Kier alpha value is -2.78. The van der Waals surface area contributed by atoms with Gasteiger partial charge in [0, 0.05) is 12.8 Å². The van der Waals surface area contributed by atoms with E-state index >= 15 is 0 Å². The minimum atomic E-state index is -0.354. The summed E-state index contributed by atoms with van der Waals surface area (Å²) in [5.74, 6) is 0.728. The van der Waals surface area contributed by atoms with E-state index in [4.69, 9.17) is 19.5 Å². The first-order valence-electron chi connectivity index (χ1n) is 7.72. The molecule has 0 spiro atoms. The van der Waals surface area contributed by atoms with Gasteiger partial charge in [-0.3, -0.25) is 4.90 Å². The number of cyclic esters (lactones) is 1. The van der Waals surface area contributed by atoms with Crippen molar-refractivity contribution in [3.8, 4) is 11.8 Å². The van der Waals surface area contributed by atoms with Crippen LogP contribution in [0.2, 0.25) is 0 Å². The summed E-state index contributed by atoms with van der Waals surface area (Å²) in [7, 11) is 1.59. The number of rotatable bonds is 6. The lowest BCUT2D eigenvalue weighted by atomic mass is 10.1. The van der Waals surface area contributed by atoms with Crippen LogP contribution in [0.3, 0.4) is 0 Å². The van der Waals surface area contributed by atoms with Crippen LogP contribution >= 0.6 is 0 Å². The Labute approximate surface area is 140 Å². The molecule has 6 nitrogen and oxygen atoms in total. The van der Waals surface area contributed by atoms with Gasteiger partial charge in [0.05, 0.1) is 25.6 Å². The van der Waals surface area contributed by atoms with E-state index in [1.165, 1.54) is 0 Å². The van der Waals surface area contributed by atoms with E-state index in [1.54, 1.807) is 12.0 Å². The van der Waals surface area contributed by atoms with Crippen molar-refractivity contribution in [1.29, 1.82) is 5.26 Å². The number of fused-ring (bicyclic) bond motifs is 1. The fraction of sp³-hybridized carbons (Fsp3) is 0.333. The number of carbonyl (C=O) groups excluding carboxylic acids is 1. The molecule has 1 aliphatic rings. The van der Waals surface area contributed by atoms with Gasteiger partial charge in [0.15, 0.2) is 0 Å². The molecule has 6 heteroatoms. The van der Waals surface area contributed by atoms with Crippen molar-refractivity contribution in [3.05, 3.63) is 36.4 Å². The average Bonchev–Trinajstić information content (AvgIpc) is 2.95. The molecule has 124 valence electrons.